The van der Waals surface area contributed by atoms with E-state index < -0.39 is 0 Å². The molecule has 1 saturated heterocycles. The molecule has 0 saturated carbocycles. The van der Waals surface area contributed by atoms with Crippen LogP contribution in [-0.2, 0) is 11.3 Å². The third-order valence-corrected chi connectivity index (χ3v) is 7.16. The summed E-state index contributed by atoms with van der Waals surface area (Å²) in [5.74, 6) is 1.34. The first-order valence-electron chi connectivity index (χ1n) is 12.5. The van der Waals surface area contributed by atoms with Crippen molar-refractivity contribution in [3.63, 3.8) is 0 Å². The molecular weight excluding hydrogens is 450 g/mol. The second-order valence-electron chi connectivity index (χ2n) is 9.27. The van der Waals surface area contributed by atoms with E-state index in [9.17, 15) is 4.79 Å². The Bertz CT molecular complexity index is 1310. The van der Waals surface area contributed by atoms with E-state index in [0.717, 1.165) is 54.8 Å². The number of nitrogens with zero attached hydrogens (tertiary/aromatic N) is 2. The Morgan fingerprint density at radius 2 is 1.61 bits per heavy atom. The minimum Gasteiger partial charge on any atom is -0.493 e. The molecule has 6 heteroatoms. The summed E-state index contributed by atoms with van der Waals surface area (Å²) >= 11 is 0. The quantitative estimate of drug-likeness (QED) is 0.381. The minimum atomic E-state index is -0.166. The van der Waals surface area contributed by atoms with E-state index in [1.54, 1.807) is 14.2 Å². The fourth-order valence-corrected chi connectivity index (χ4v) is 5.26. The highest BCUT2D eigenvalue weighted by Crippen LogP contribution is 2.42. The van der Waals surface area contributed by atoms with E-state index in [1.807, 2.05) is 47.5 Å². The van der Waals surface area contributed by atoms with E-state index in [0.29, 0.717) is 17.9 Å². The Morgan fingerprint density at radius 1 is 0.861 bits per heavy atom. The van der Waals surface area contributed by atoms with Crippen LogP contribution >= 0.6 is 0 Å². The van der Waals surface area contributed by atoms with Gasteiger partial charge in [-0.25, -0.2) is 0 Å². The van der Waals surface area contributed by atoms with Gasteiger partial charge in [0.2, 0.25) is 5.91 Å². The standard InChI is InChI=1S/C30H33N3O3/c1-35-28-14-8-12-24(30(28)36-2)25(26-20-31-27-13-7-6-11-23(26)27)19-29(34)33-17-15-32(16-18-33)21-22-9-4-3-5-10-22/h3-14,20,25,31H,15-19,21H2,1-2H3. The van der Waals surface area contributed by atoms with Gasteiger partial charge in [-0.3, -0.25) is 9.69 Å². The molecule has 0 aliphatic carbocycles. The molecule has 4 aromatic rings. The zero-order valence-electron chi connectivity index (χ0n) is 20.9. The normalized spacial score (nSPS) is 15.1. The van der Waals surface area contributed by atoms with Gasteiger partial charge in [0, 0.05) is 67.7 Å². The number of hydrogen-bond donors (Lipinski definition) is 1. The molecule has 1 unspecified atom stereocenters. The number of hydrogen-bond acceptors (Lipinski definition) is 4. The largest absolute Gasteiger partial charge is 0.493 e. The minimum absolute atomic E-state index is 0.162. The molecule has 0 bridgehead atoms. The number of methoxy groups -OCH3 is 2. The van der Waals surface area contributed by atoms with Gasteiger partial charge in [-0.1, -0.05) is 60.7 Å². The number of rotatable bonds is 8. The molecule has 5 rings (SSSR count). The molecule has 0 radical (unpaired) electrons. The second kappa shape index (κ2) is 10.9. The van der Waals surface area contributed by atoms with E-state index >= 15 is 0 Å². The zero-order chi connectivity index (χ0) is 24.9. The van der Waals surface area contributed by atoms with Crippen molar-refractivity contribution < 1.29 is 14.3 Å². The number of ether oxygens (including phenoxy) is 2. The van der Waals surface area contributed by atoms with Crippen LogP contribution < -0.4 is 9.47 Å². The van der Waals surface area contributed by atoms with Gasteiger partial charge < -0.3 is 19.4 Å². The Labute approximate surface area is 212 Å². The lowest BCUT2D eigenvalue weighted by atomic mass is 9.87. The van der Waals surface area contributed by atoms with Crippen LogP contribution in [0.15, 0.2) is 79.0 Å². The van der Waals surface area contributed by atoms with Gasteiger partial charge in [-0.2, -0.15) is 0 Å². The van der Waals surface area contributed by atoms with Crippen molar-refractivity contribution in [2.24, 2.45) is 0 Å². The van der Waals surface area contributed by atoms with Crippen molar-refractivity contribution in [3.8, 4) is 11.5 Å². The smallest absolute Gasteiger partial charge is 0.223 e. The Balaban J connectivity index is 1.38. The number of H-pyrrole nitrogens is 1. The molecule has 1 N–H and O–H groups in total. The van der Waals surface area contributed by atoms with Crippen molar-refractivity contribution in [1.29, 1.82) is 0 Å². The van der Waals surface area contributed by atoms with E-state index in [2.05, 4.69) is 46.3 Å². The number of aromatic nitrogens is 1. The van der Waals surface area contributed by atoms with Gasteiger partial charge >= 0.3 is 0 Å². The average molecular weight is 484 g/mol. The first-order valence-corrected chi connectivity index (χ1v) is 12.5. The maximum Gasteiger partial charge on any atom is 0.223 e. The predicted octanol–water partition coefficient (Wildman–Crippen LogP) is 5.05. The molecular formula is C30H33N3O3. The Kier molecular flexibility index (Phi) is 7.23. The van der Waals surface area contributed by atoms with Gasteiger partial charge in [0.1, 0.15) is 0 Å². The van der Waals surface area contributed by atoms with Crippen LogP contribution in [0.25, 0.3) is 10.9 Å². The van der Waals surface area contributed by atoms with Crippen molar-refractivity contribution in [3.05, 3.63) is 95.7 Å². The molecule has 6 nitrogen and oxygen atoms in total. The lowest BCUT2D eigenvalue weighted by molar-refractivity contribution is -0.133. The summed E-state index contributed by atoms with van der Waals surface area (Å²) in [7, 11) is 3.30. The summed E-state index contributed by atoms with van der Waals surface area (Å²) in [5, 5.41) is 1.12. The number of amides is 1. The van der Waals surface area contributed by atoms with Crippen LogP contribution in [0.5, 0.6) is 11.5 Å². The van der Waals surface area contributed by atoms with Crippen LogP contribution in [-0.4, -0.2) is 61.1 Å². The fraction of sp³-hybridized carbons (Fsp3) is 0.300. The van der Waals surface area contributed by atoms with Gasteiger partial charge in [-0.15, -0.1) is 0 Å². The van der Waals surface area contributed by atoms with Crippen molar-refractivity contribution >= 4 is 16.8 Å². The third kappa shape index (κ3) is 4.95. The van der Waals surface area contributed by atoms with Gasteiger partial charge in [0.25, 0.3) is 0 Å². The molecule has 3 aromatic carbocycles. The number of piperazine rings is 1. The average Bonchev–Trinajstić information content (AvgIpc) is 3.36. The zero-order valence-corrected chi connectivity index (χ0v) is 20.9. The third-order valence-electron chi connectivity index (χ3n) is 7.16. The number of carbonyl (C=O) groups excluding carboxylic acids is 1. The molecule has 1 aliphatic rings. The van der Waals surface area contributed by atoms with Crippen molar-refractivity contribution in [1.82, 2.24) is 14.8 Å². The molecule has 1 aromatic heterocycles. The van der Waals surface area contributed by atoms with Crippen LogP contribution in [0, 0.1) is 0 Å². The van der Waals surface area contributed by atoms with Gasteiger partial charge in [0.05, 0.1) is 14.2 Å². The number of fused-ring (bicyclic) bond motifs is 1. The van der Waals surface area contributed by atoms with Crippen LogP contribution in [0.1, 0.15) is 29.0 Å². The monoisotopic (exact) mass is 483 g/mol. The van der Waals surface area contributed by atoms with Crippen LogP contribution in [0.4, 0.5) is 0 Å². The molecule has 2 heterocycles. The molecule has 36 heavy (non-hydrogen) atoms. The maximum absolute atomic E-state index is 13.7. The summed E-state index contributed by atoms with van der Waals surface area (Å²) in [6.07, 6.45) is 2.39. The van der Waals surface area contributed by atoms with Crippen LogP contribution in [0.3, 0.4) is 0 Å². The highest BCUT2D eigenvalue weighted by Gasteiger charge is 2.29. The SMILES string of the molecule is COc1cccc(C(CC(=O)N2CCN(Cc3ccccc3)CC2)c2c[nH]c3ccccc23)c1OC. The lowest BCUT2D eigenvalue weighted by Crippen LogP contribution is -2.48. The predicted molar refractivity (Wildman–Crippen MR) is 143 cm³/mol. The number of nitrogens with one attached hydrogen (secondary N) is 1. The second-order valence-corrected chi connectivity index (χ2v) is 9.27. The molecule has 1 fully saturated rings. The van der Waals surface area contributed by atoms with Gasteiger partial charge in [-0.05, 0) is 23.3 Å². The van der Waals surface area contributed by atoms with Gasteiger partial charge in [0.15, 0.2) is 11.5 Å². The first kappa shape index (κ1) is 23.9. The summed E-state index contributed by atoms with van der Waals surface area (Å²) in [5.41, 5.74) is 4.41. The maximum atomic E-state index is 13.7. The van der Waals surface area contributed by atoms with Crippen LogP contribution in [0.2, 0.25) is 0 Å². The number of aromatic amines is 1. The molecule has 1 atom stereocenters. The molecule has 1 aliphatic heterocycles. The van der Waals surface area contributed by atoms with E-state index in [4.69, 9.17) is 9.47 Å². The first-order chi connectivity index (χ1) is 17.7. The molecule has 0 spiro atoms. The summed E-state index contributed by atoms with van der Waals surface area (Å²) in [6.45, 7) is 4.15. The summed E-state index contributed by atoms with van der Waals surface area (Å²) in [6, 6.07) is 24.6. The molecule has 186 valence electrons. The number of carbonyl (C=O) groups is 1. The summed E-state index contributed by atoms with van der Waals surface area (Å²) in [4.78, 5) is 21.5. The summed E-state index contributed by atoms with van der Waals surface area (Å²) < 4.78 is 11.4. The van der Waals surface area contributed by atoms with Crippen molar-refractivity contribution in [2.45, 2.75) is 18.9 Å². The van der Waals surface area contributed by atoms with E-state index in [1.165, 1.54) is 5.56 Å². The highest BCUT2D eigenvalue weighted by atomic mass is 16.5. The van der Waals surface area contributed by atoms with Crippen molar-refractivity contribution in [2.75, 3.05) is 40.4 Å². The fourth-order valence-electron chi connectivity index (χ4n) is 5.26. The topological polar surface area (TPSA) is 57.8 Å². The Morgan fingerprint density at radius 3 is 2.36 bits per heavy atom. The highest BCUT2D eigenvalue weighted by molar-refractivity contribution is 5.86. The lowest BCUT2D eigenvalue weighted by Gasteiger charge is -2.35. The number of benzene rings is 3. The number of para-hydroxylation sites is 2. The molecule has 1 amide bonds. The van der Waals surface area contributed by atoms with E-state index in [-0.39, 0.29) is 11.8 Å². The Hall–Kier alpha value is -3.77.